The lowest BCUT2D eigenvalue weighted by molar-refractivity contribution is -0.110. The summed E-state index contributed by atoms with van der Waals surface area (Å²) in [6.07, 6.45) is 2.38. The molecule has 2 N–H and O–H groups in total. The molecule has 20 heavy (non-hydrogen) atoms. The predicted octanol–water partition coefficient (Wildman–Crippen LogP) is 1.66. The summed E-state index contributed by atoms with van der Waals surface area (Å²) < 4.78 is 13.1. The lowest BCUT2D eigenvalue weighted by atomic mass is 9.89. The number of oxime groups is 1. The molecule has 2 aliphatic rings. The zero-order chi connectivity index (χ0) is 14.0. The van der Waals surface area contributed by atoms with Gasteiger partial charge in [0.15, 0.2) is 5.60 Å². The second-order valence-electron chi connectivity index (χ2n) is 5.23. The fraction of sp³-hybridized carbons (Fsp3) is 0.429. The van der Waals surface area contributed by atoms with Gasteiger partial charge in [-0.15, -0.1) is 0 Å². The highest BCUT2D eigenvalue weighted by molar-refractivity contribution is 6.43. The van der Waals surface area contributed by atoms with E-state index in [1.54, 1.807) is 12.1 Å². The number of hydrogen-bond donors (Lipinski definition) is 2. The largest absolute Gasteiger partial charge is 0.387 e. The average molecular weight is 277 g/mol. The summed E-state index contributed by atoms with van der Waals surface area (Å²) in [5, 5.41) is 9.79. The minimum absolute atomic E-state index is 0.335. The molecule has 6 heteroatoms. The number of anilines is 1. The number of hydrogen-bond acceptors (Lipinski definition) is 4. The molecule has 0 saturated carbocycles. The molecule has 1 atom stereocenters. The molecule has 0 aromatic heterocycles. The number of halogens is 1. The van der Waals surface area contributed by atoms with Crippen molar-refractivity contribution in [2.75, 3.05) is 18.4 Å². The van der Waals surface area contributed by atoms with Gasteiger partial charge in [0.1, 0.15) is 11.5 Å². The Morgan fingerprint density at radius 3 is 3.15 bits per heavy atom. The molecule has 3 rings (SSSR count). The first-order chi connectivity index (χ1) is 9.67. The van der Waals surface area contributed by atoms with Gasteiger partial charge in [-0.1, -0.05) is 11.2 Å². The summed E-state index contributed by atoms with van der Waals surface area (Å²) >= 11 is 0. The zero-order valence-electron chi connectivity index (χ0n) is 11.0. The van der Waals surface area contributed by atoms with Crippen LogP contribution in [0.25, 0.3) is 0 Å². The standard InChI is InChI=1S/C14H16FN3O2/c15-10-3-1-4-11(7-10)17-13(19)12-8-14(20-18-12)5-2-6-16-9-14/h1,3-4,7,16H,2,5-6,8-9H2,(H,17,19). The summed E-state index contributed by atoms with van der Waals surface area (Å²) in [6.45, 7) is 1.67. The molecule has 106 valence electrons. The van der Waals surface area contributed by atoms with Crippen molar-refractivity contribution < 1.29 is 14.0 Å². The quantitative estimate of drug-likeness (QED) is 0.864. The molecule has 5 nitrogen and oxygen atoms in total. The van der Waals surface area contributed by atoms with E-state index in [2.05, 4.69) is 15.8 Å². The molecular formula is C14H16FN3O2. The summed E-state index contributed by atoms with van der Waals surface area (Å²) in [5.74, 6) is -0.724. The first-order valence-electron chi connectivity index (χ1n) is 6.70. The molecule has 0 radical (unpaired) electrons. The van der Waals surface area contributed by atoms with Crippen LogP contribution in [0, 0.1) is 5.82 Å². The summed E-state index contributed by atoms with van der Waals surface area (Å²) in [4.78, 5) is 17.6. The van der Waals surface area contributed by atoms with Crippen LogP contribution in [0.3, 0.4) is 0 Å². The second-order valence-corrected chi connectivity index (χ2v) is 5.23. The third-order valence-electron chi connectivity index (χ3n) is 3.62. The Morgan fingerprint density at radius 2 is 2.40 bits per heavy atom. The van der Waals surface area contributed by atoms with Gasteiger partial charge >= 0.3 is 0 Å². The fourth-order valence-corrected chi connectivity index (χ4v) is 2.58. The molecule has 1 unspecified atom stereocenters. The maximum atomic E-state index is 13.1. The van der Waals surface area contributed by atoms with Gasteiger partial charge in [-0.3, -0.25) is 4.79 Å². The molecule has 0 aliphatic carbocycles. The lowest BCUT2D eigenvalue weighted by Gasteiger charge is -2.30. The van der Waals surface area contributed by atoms with E-state index >= 15 is 0 Å². The van der Waals surface area contributed by atoms with Crippen molar-refractivity contribution in [2.24, 2.45) is 5.16 Å². The molecule has 1 aromatic carbocycles. The number of carbonyl (C=O) groups excluding carboxylic acids is 1. The van der Waals surface area contributed by atoms with Crippen molar-refractivity contribution in [1.82, 2.24) is 5.32 Å². The number of benzene rings is 1. The molecule has 2 aliphatic heterocycles. The zero-order valence-corrected chi connectivity index (χ0v) is 11.0. The number of rotatable bonds is 2. The molecule has 2 heterocycles. The van der Waals surface area contributed by atoms with Gasteiger partial charge in [0, 0.05) is 18.7 Å². The van der Waals surface area contributed by atoms with Crippen LogP contribution in [0.1, 0.15) is 19.3 Å². The minimum Gasteiger partial charge on any atom is -0.387 e. The number of piperidine rings is 1. The van der Waals surface area contributed by atoms with E-state index in [4.69, 9.17) is 4.84 Å². The van der Waals surface area contributed by atoms with Crippen LogP contribution >= 0.6 is 0 Å². The molecule has 1 aromatic rings. The molecule has 0 bridgehead atoms. The van der Waals surface area contributed by atoms with E-state index < -0.39 is 0 Å². The monoisotopic (exact) mass is 277 g/mol. The van der Waals surface area contributed by atoms with Crippen molar-refractivity contribution in [3.8, 4) is 0 Å². The van der Waals surface area contributed by atoms with E-state index in [0.717, 1.165) is 19.4 Å². The van der Waals surface area contributed by atoms with Crippen LogP contribution in [-0.2, 0) is 9.63 Å². The summed E-state index contributed by atoms with van der Waals surface area (Å²) in [5.41, 5.74) is 0.394. The van der Waals surface area contributed by atoms with Crippen LogP contribution in [0.4, 0.5) is 10.1 Å². The topological polar surface area (TPSA) is 62.7 Å². The second kappa shape index (κ2) is 5.20. The van der Waals surface area contributed by atoms with Gasteiger partial charge in [-0.2, -0.15) is 0 Å². The predicted molar refractivity (Wildman–Crippen MR) is 73.0 cm³/mol. The van der Waals surface area contributed by atoms with Crippen molar-refractivity contribution in [1.29, 1.82) is 0 Å². The Kier molecular flexibility index (Phi) is 3.40. The Balaban J connectivity index is 1.64. The summed E-state index contributed by atoms with van der Waals surface area (Å²) in [7, 11) is 0. The lowest BCUT2D eigenvalue weighted by Crippen LogP contribution is -2.46. The van der Waals surface area contributed by atoms with Gasteiger partial charge in [0.05, 0.1) is 0 Å². The molecule has 1 saturated heterocycles. The maximum Gasteiger partial charge on any atom is 0.273 e. The van der Waals surface area contributed by atoms with E-state index in [1.807, 2.05) is 0 Å². The third-order valence-corrected chi connectivity index (χ3v) is 3.62. The smallest absolute Gasteiger partial charge is 0.273 e. The molecule has 1 spiro atoms. The highest BCUT2D eigenvalue weighted by Gasteiger charge is 2.42. The Bertz CT molecular complexity index is 553. The molecular weight excluding hydrogens is 261 g/mol. The molecule has 1 fully saturated rings. The van der Waals surface area contributed by atoms with E-state index in [-0.39, 0.29) is 17.3 Å². The SMILES string of the molecule is O=C(Nc1cccc(F)c1)C1=NOC2(CCCNC2)C1. The van der Waals surface area contributed by atoms with Gasteiger partial charge in [0.2, 0.25) is 0 Å². The van der Waals surface area contributed by atoms with Gasteiger partial charge in [-0.05, 0) is 37.6 Å². The van der Waals surface area contributed by atoms with Crippen LogP contribution in [0.2, 0.25) is 0 Å². The number of nitrogens with one attached hydrogen (secondary N) is 2. The highest BCUT2D eigenvalue weighted by Crippen LogP contribution is 2.30. The number of amides is 1. The number of nitrogens with zero attached hydrogens (tertiary/aromatic N) is 1. The maximum absolute atomic E-state index is 13.1. The van der Waals surface area contributed by atoms with Gasteiger partial charge in [-0.25, -0.2) is 4.39 Å². The van der Waals surface area contributed by atoms with Crippen molar-refractivity contribution in [3.63, 3.8) is 0 Å². The fourth-order valence-electron chi connectivity index (χ4n) is 2.58. The number of carbonyl (C=O) groups is 1. The van der Waals surface area contributed by atoms with E-state index in [0.29, 0.717) is 24.4 Å². The van der Waals surface area contributed by atoms with E-state index in [1.165, 1.54) is 12.1 Å². The third kappa shape index (κ3) is 2.65. The first-order valence-corrected chi connectivity index (χ1v) is 6.70. The average Bonchev–Trinajstić information content (AvgIpc) is 2.83. The van der Waals surface area contributed by atoms with Crippen LogP contribution < -0.4 is 10.6 Å². The summed E-state index contributed by atoms with van der Waals surface area (Å²) in [6, 6.07) is 5.78. The molecule has 1 amide bonds. The Morgan fingerprint density at radius 1 is 1.50 bits per heavy atom. The Labute approximate surface area is 116 Å². The first kappa shape index (κ1) is 13.1. The normalized spacial score (nSPS) is 25.1. The highest BCUT2D eigenvalue weighted by atomic mass is 19.1. The van der Waals surface area contributed by atoms with Crippen LogP contribution in [-0.4, -0.2) is 30.3 Å². The van der Waals surface area contributed by atoms with Crippen LogP contribution in [0.15, 0.2) is 29.4 Å². The van der Waals surface area contributed by atoms with Gasteiger partial charge < -0.3 is 15.5 Å². The van der Waals surface area contributed by atoms with E-state index in [9.17, 15) is 9.18 Å². The van der Waals surface area contributed by atoms with Crippen molar-refractivity contribution in [3.05, 3.63) is 30.1 Å². The minimum atomic E-state index is -0.389. The van der Waals surface area contributed by atoms with Crippen LogP contribution in [0.5, 0.6) is 0 Å². The van der Waals surface area contributed by atoms with Crippen molar-refractivity contribution in [2.45, 2.75) is 24.9 Å². The van der Waals surface area contributed by atoms with Crippen molar-refractivity contribution >= 4 is 17.3 Å². The van der Waals surface area contributed by atoms with Gasteiger partial charge in [0.25, 0.3) is 5.91 Å². The Hall–Kier alpha value is -1.95.